The largest absolute Gasteiger partial charge is 0.439 e. The van der Waals surface area contributed by atoms with Crippen molar-refractivity contribution in [2.24, 2.45) is 0 Å². The zero-order valence-electron chi connectivity index (χ0n) is 18.7. The van der Waals surface area contributed by atoms with Gasteiger partial charge in [0.05, 0.1) is 17.2 Å². The van der Waals surface area contributed by atoms with Crippen LogP contribution in [0.15, 0.2) is 83.8 Å². The van der Waals surface area contributed by atoms with E-state index in [0.29, 0.717) is 23.7 Å². The summed E-state index contributed by atoms with van der Waals surface area (Å²) < 4.78 is 39.7. The fourth-order valence-electron chi connectivity index (χ4n) is 3.36. The Morgan fingerprint density at radius 1 is 0.941 bits per heavy atom. The number of hydrogen-bond acceptors (Lipinski definition) is 7. The number of nitrogens with one attached hydrogen (secondary N) is 1. The van der Waals surface area contributed by atoms with E-state index < -0.39 is 10.0 Å². The fraction of sp³-hybridized carbons (Fsp3) is 0.120. The van der Waals surface area contributed by atoms with Gasteiger partial charge in [0.15, 0.2) is 0 Å². The molecule has 0 atom stereocenters. The Bertz CT molecular complexity index is 1420. The average Bonchev–Trinajstić information content (AvgIpc) is 2.81. The number of nitrogens with zero attached hydrogens (tertiary/aromatic N) is 2. The first-order chi connectivity index (χ1) is 16.4. The molecule has 0 amide bonds. The van der Waals surface area contributed by atoms with Crippen LogP contribution in [-0.4, -0.2) is 25.5 Å². The van der Waals surface area contributed by atoms with Gasteiger partial charge >= 0.3 is 0 Å². The zero-order valence-corrected chi connectivity index (χ0v) is 19.5. The quantitative estimate of drug-likeness (QED) is 0.352. The first-order valence-corrected chi connectivity index (χ1v) is 11.9. The lowest BCUT2D eigenvalue weighted by atomic mass is 10.0. The summed E-state index contributed by atoms with van der Waals surface area (Å²) in [6.45, 7) is 2.27. The molecule has 0 aliphatic rings. The second-order valence-electron chi connectivity index (χ2n) is 7.55. The molecule has 0 fully saturated rings. The molecule has 9 heteroatoms. The van der Waals surface area contributed by atoms with Gasteiger partial charge in [-0.3, -0.25) is 0 Å². The number of sulfonamides is 1. The maximum atomic E-state index is 13.0. The van der Waals surface area contributed by atoms with E-state index in [0.717, 1.165) is 16.7 Å². The van der Waals surface area contributed by atoms with Crippen molar-refractivity contribution in [2.75, 3.05) is 17.6 Å². The van der Waals surface area contributed by atoms with Gasteiger partial charge < -0.3 is 15.2 Å². The van der Waals surface area contributed by atoms with Gasteiger partial charge in [-0.25, -0.2) is 18.1 Å². The molecule has 174 valence electrons. The highest BCUT2D eigenvalue weighted by Crippen LogP contribution is 2.30. The van der Waals surface area contributed by atoms with Crippen molar-refractivity contribution in [3.63, 3.8) is 0 Å². The Hall–Kier alpha value is -3.95. The third-order valence-electron chi connectivity index (χ3n) is 5.00. The second kappa shape index (κ2) is 9.90. The monoisotopic (exact) mass is 476 g/mol. The lowest BCUT2D eigenvalue weighted by molar-refractivity contribution is 0.185. The van der Waals surface area contributed by atoms with Crippen LogP contribution >= 0.6 is 0 Å². The minimum absolute atomic E-state index is 0.00246. The molecule has 3 N–H and O–H groups in total. The molecule has 1 aromatic heterocycles. The molecule has 3 aromatic carbocycles. The Labute approximate surface area is 198 Å². The van der Waals surface area contributed by atoms with Crippen LogP contribution in [0.2, 0.25) is 0 Å². The number of para-hydroxylation sites is 1. The van der Waals surface area contributed by atoms with Gasteiger partial charge in [0.2, 0.25) is 11.8 Å². The number of rotatable bonds is 8. The van der Waals surface area contributed by atoms with Gasteiger partial charge in [-0.15, -0.1) is 0 Å². The summed E-state index contributed by atoms with van der Waals surface area (Å²) >= 11 is 0. The van der Waals surface area contributed by atoms with Gasteiger partial charge in [-0.05, 0) is 42.3 Å². The van der Waals surface area contributed by atoms with E-state index in [4.69, 9.17) is 15.2 Å². The summed E-state index contributed by atoms with van der Waals surface area (Å²) in [7, 11) is -2.38. The van der Waals surface area contributed by atoms with Gasteiger partial charge in [0.25, 0.3) is 10.0 Å². The summed E-state index contributed by atoms with van der Waals surface area (Å²) in [5, 5.41) is 0. The molecule has 0 aliphatic heterocycles. The number of nitrogen functional groups attached to an aromatic ring is 1. The predicted octanol–water partition coefficient (Wildman–Crippen LogP) is 4.77. The zero-order chi connectivity index (χ0) is 24.1. The van der Waals surface area contributed by atoms with Crippen LogP contribution in [0, 0.1) is 6.92 Å². The van der Waals surface area contributed by atoms with Crippen molar-refractivity contribution in [1.29, 1.82) is 0 Å². The van der Waals surface area contributed by atoms with Crippen molar-refractivity contribution in [3.8, 4) is 22.9 Å². The van der Waals surface area contributed by atoms with Crippen LogP contribution in [0.25, 0.3) is 11.3 Å². The lowest BCUT2D eigenvalue weighted by Crippen LogP contribution is -2.16. The molecule has 0 saturated heterocycles. The maximum Gasteiger partial charge on any atom is 0.264 e. The Morgan fingerprint density at radius 3 is 2.47 bits per heavy atom. The lowest BCUT2D eigenvalue weighted by Gasteiger charge is -2.14. The van der Waals surface area contributed by atoms with E-state index in [9.17, 15) is 8.42 Å². The van der Waals surface area contributed by atoms with E-state index in [1.54, 1.807) is 25.3 Å². The van der Waals surface area contributed by atoms with E-state index in [-0.39, 0.29) is 16.7 Å². The van der Waals surface area contributed by atoms with E-state index in [2.05, 4.69) is 14.7 Å². The van der Waals surface area contributed by atoms with Crippen LogP contribution < -0.4 is 15.2 Å². The van der Waals surface area contributed by atoms with Crippen LogP contribution in [0.4, 0.5) is 11.6 Å². The number of nitrogens with two attached hydrogens (primary N) is 1. The average molecular weight is 477 g/mol. The normalized spacial score (nSPS) is 11.2. The minimum Gasteiger partial charge on any atom is -0.439 e. The molecule has 0 saturated carbocycles. The first-order valence-electron chi connectivity index (χ1n) is 10.4. The highest BCUT2D eigenvalue weighted by molar-refractivity contribution is 7.92. The van der Waals surface area contributed by atoms with Gasteiger partial charge in [-0.2, -0.15) is 4.98 Å². The van der Waals surface area contributed by atoms with E-state index in [1.807, 2.05) is 55.5 Å². The van der Waals surface area contributed by atoms with E-state index in [1.165, 1.54) is 12.1 Å². The van der Waals surface area contributed by atoms with Crippen molar-refractivity contribution in [3.05, 3.63) is 90.0 Å². The fourth-order valence-corrected chi connectivity index (χ4v) is 4.36. The number of aromatic nitrogens is 2. The van der Waals surface area contributed by atoms with Crippen LogP contribution in [0.3, 0.4) is 0 Å². The molecular weight excluding hydrogens is 452 g/mol. The van der Waals surface area contributed by atoms with Gasteiger partial charge in [-0.1, -0.05) is 48.5 Å². The molecule has 0 bridgehead atoms. The number of benzene rings is 3. The maximum absolute atomic E-state index is 13.0. The Kier molecular flexibility index (Phi) is 6.76. The smallest absolute Gasteiger partial charge is 0.264 e. The molecule has 8 nitrogen and oxygen atoms in total. The van der Waals surface area contributed by atoms with Crippen molar-refractivity contribution >= 4 is 21.7 Å². The highest BCUT2D eigenvalue weighted by Gasteiger charge is 2.19. The molecule has 34 heavy (non-hydrogen) atoms. The Balaban J connectivity index is 1.80. The molecule has 0 aliphatic carbocycles. The molecular formula is C25H24N4O4S. The molecule has 0 unspecified atom stereocenters. The molecule has 0 spiro atoms. The summed E-state index contributed by atoms with van der Waals surface area (Å²) in [4.78, 5) is 8.80. The van der Waals surface area contributed by atoms with Gasteiger partial charge in [0.1, 0.15) is 5.75 Å². The third kappa shape index (κ3) is 5.33. The molecule has 1 heterocycles. The summed E-state index contributed by atoms with van der Waals surface area (Å²) in [6.07, 6.45) is 0. The van der Waals surface area contributed by atoms with Crippen LogP contribution in [-0.2, 0) is 21.4 Å². The topological polar surface area (TPSA) is 116 Å². The third-order valence-corrected chi connectivity index (χ3v) is 6.32. The van der Waals surface area contributed by atoms with Crippen molar-refractivity contribution < 1.29 is 17.9 Å². The molecule has 4 aromatic rings. The van der Waals surface area contributed by atoms with E-state index >= 15 is 0 Å². The van der Waals surface area contributed by atoms with Crippen LogP contribution in [0.1, 0.15) is 11.1 Å². The summed E-state index contributed by atoms with van der Waals surface area (Å²) in [5.74, 6) is 0.662. The number of methoxy groups -OCH3 is 1. The Morgan fingerprint density at radius 2 is 1.71 bits per heavy atom. The SMILES string of the molecule is COCc1ccccc1-c1cc(Oc2ccccc2C)nc(NS(=O)(=O)c2cccc(N)c2)n1. The summed E-state index contributed by atoms with van der Waals surface area (Å²) in [5.41, 5.74) is 9.13. The summed E-state index contributed by atoms with van der Waals surface area (Å²) in [6, 6.07) is 22.7. The minimum atomic E-state index is -3.99. The van der Waals surface area contributed by atoms with Gasteiger partial charge in [0, 0.05) is 24.4 Å². The second-order valence-corrected chi connectivity index (χ2v) is 9.23. The number of hydrogen-bond donors (Lipinski definition) is 2. The first kappa shape index (κ1) is 23.2. The number of aryl methyl sites for hydroxylation is 1. The number of anilines is 2. The molecule has 0 radical (unpaired) electrons. The number of ether oxygens (including phenoxy) is 2. The molecule has 4 rings (SSSR count). The predicted molar refractivity (Wildman–Crippen MR) is 131 cm³/mol. The van der Waals surface area contributed by atoms with Crippen molar-refractivity contribution in [2.45, 2.75) is 18.4 Å². The van der Waals surface area contributed by atoms with Crippen LogP contribution in [0.5, 0.6) is 11.6 Å². The standard InChI is InChI=1S/C25H24N4O4S/c1-17-8-3-6-13-23(17)33-24-15-22(21-12-5-4-9-18(21)16-32-2)27-25(28-24)29-34(30,31)20-11-7-10-19(26)14-20/h3-15H,16,26H2,1-2H3,(H,27,28,29). The highest BCUT2D eigenvalue weighted by atomic mass is 32.2. The van der Waals surface area contributed by atoms with Crippen molar-refractivity contribution in [1.82, 2.24) is 9.97 Å².